The molecule has 0 saturated heterocycles. The summed E-state index contributed by atoms with van der Waals surface area (Å²) in [4.78, 5) is 25.6. The molecule has 1 amide bonds. The van der Waals surface area contributed by atoms with E-state index in [4.69, 9.17) is 21.3 Å². The van der Waals surface area contributed by atoms with Gasteiger partial charge in [-0.3, -0.25) is 9.78 Å². The minimum atomic E-state index is -0.168. The van der Waals surface area contributed by atoms with Crippen LogP contribution in [0, 0.1) is 6.92 Å². The van der Waals surface area contributed by atoms with E-state index >= 15 is 0 Å². The Kier molecular flexibility index (Phi) is 6.41. The first kappa shape index (κ1) is 22.6. The van der Waals surface area contributed by atoms with E-state index in [1.54, 1.807) is 37.1 Å². The number of para-hydroxylation sites is 1. The van der Waals surface area contributed by atoms with Gasteiger partial charge in [-0.2, -0.15) is 0 Å². The highest BCUT2D eigenvalue weighted by molar-refractivity contribution is 6.31. The fourth-order valence-corrected chi connectivity index (χ4v) is 4.13. The van der Waals surface area contributed by atoms with Gasteiger partial charge in [0.1, 0.15) is 17.9 Å². The summed E-state index contributed by atoms with van der Waals surface area (Å²) in [6.45, 7) is 2.43. The highest BCUT2D eigenvalue weighted by Gasteiger charge is 2.14. The predicted octanol–water partition coefficient (Wildman–Crippen LogP) is 5.29. The van der Waals surface area contributed by atoms with Crippen LogP contribution in [0.1, 0.15) is 27.2 Å². The van der Waals surface area contributed by atoms with Crippen molar-refractivity contribution in [2.45, 2.75) is 20.1 Å². The Hall–Kier alpha value is -4.23. The van der Waals surface area contributed by atoms with Crippen LogP contribution in [0.15, 0.2) is 85.7 Å². The first-order valence-electron chi connectivity index (χ1n) is 11.1. The number of nitrogens with one attached hydrogen (secondary N) is 1. The highest BCUT2D eigenvalue weighted by atomic mass is 35.5. The molecule has 0 radical (unpaired) electrons. The van der Waals surface area contributed by atoms with Crippen molar-refractivity contribution >= 4 is 28.4 Å². The van der Waals surface area contributed by atoms with Crippen molar-refractivity contribution in [1.82, 2.24) is 24.8 Å². The molecule has 0 aliphatic heterocycles. The van der Waals surface area contributed by atoms with Crippen LogP contribution in [0.5, 0.6) is 5.75 Å². The number of aryl methyl sites for hydroxylation is 1. The number of nitrogens with zero attached hydrogens (tertiary/aromatic N) is 4. The molecule has 7 nitrogen and oxygen atoms in total. The maximum atomic E-state index is 12.5. The normalized spacial score (nSPS) is 10.9. The number of imidazole rings is 1. The van der Waals surface area contributed by atoms with Gasteiger partial charge in [0.25, 0.3) is 5.91 Å². The minimum Gasteiger partial charge on any atom is -0.487 e. The highest BCUT2D eigenvalue weighted by Crippen LogP contribution is 2.30. The van der Waals surface area contributed by atoms with Gasteiger partial charge in [0.2, 0.25) is 0 Å². The smallest absolute Gasteiger partial charge is 0.251 e. The molecular weight excluding hydrogens is 462 g/mol. The number of halogens is 1. The molecule has 35 heavy (non-hydrogen) atoms. The second kappa shape index (κ2) is 9.95. The fourth-order valence-electron chi connectivity index (χ4n) is 3.89. The molecule has 0 aliphatic rings. The summed E-state index contributed by atoms with van der Waals surface area (Å²) in [6, 6.07) is 16.9. The van der Waals surface area contributed by atoms with E-state index in [0.717, 1.165) is 33.4 Å². The summed E-state index contributed by atoms with van der Waals surface area (Å²) in [5.74, 6) is 0.470. The summed E-state index contributed by atoms with van der Waals surface area (Å²) in [7, 11) is 0. The van der Waals surface area contributed by atoms with Crippen molar-refractivity contribution in [3.8, 4) is 11.4 Å². The third-order valence-electron chi connectivity index (χ3n) is 5.63. The minimum absolute atomic E-state index is 0.168. The van der Waals surface area contributed by atoms with Gasteiger partial charge >= 0.3 is 0 Å². The van der Waals surface area contributed by atoms with Crippen molar-refractivity contribution in [3.05, 3.63) is 113 Å². The van der Waals surface area contributed by atoms with Gasteiger partial charge in [0, 0.05) is 53.5 Å². The van der Waals surface area contributed by atoms with Gasteiger partial charge < -0.3 is 14.6 Å². The average Bonchev–Trinajstić information content (AvgIpc) is 3.42. The first-order chi connectivity index (χ1) is 17.1. The van der Waals surface area contributed by atoms with Crippen molar-refractivity contribution in [3.63, 3.8) is 0 Å². The Morgan fingerprint density at radius 2 is 1.94 bits per heavy atom. The molecule has 5 aromatic rings. The Morgan fingerprint density at radius 3 is 2.74 bits per heavy atom. The van der Waals surface area contributed by atoms with Crippen molar-refractivity contribution in [1.29, 1.82) is 0 Å². The summed E-state index contributed by atoms with van der Waals surface area (Å²) in [6.07, 6.45) is 8.67. The molecule has 0 bridgehead atoms. The van der Waals surface area contributed by atoms with E-state index < -0.39 is 0 Å². The molecule has 174 valence electrons. The molecule has 0 atom stereocenters. The number of carbonyl (C=O) groups is 1. The number of pyridine rings is 2. The molecule has 0 unspecified atom stereocenters. The summed E-state index contributed by atoms with van der Waals surface area (Å²) >= 11 is 6.48. The maximum absolute atomic E-state index is 12.5. The quantitative estimate of drug-likeness (QED) is 0.340. The molecule has 3 aromatic heterocycles. The largest absolute Gasteiger partial charge is 0.487 e. The molecule has 0 spiro atoms. The van der Waals surface area contributed by atoms with Crippen molar-refractivity contribution in [2.24, 2.45) is 0 Å². The van der Waals surface area contributed by atoms with Gasteiger partial charge in [-0.1, -0.05) is 41.9 Å². The molecule has 1 N–H and O–H groups in total. The number of rotatable bonds is 7. The number of hydrogen-bond acceptors (Lipinski definition) is 5. The molecule has 5 rings (SSSR count). The summed E-state index contributed by atoms with van der Waals surface area (Å²) < 4.78 is 8.19. The molecule has 0 aliphatic carbocycles. The van der Waals surface area contributed by atoms with Gasteiger partial charge in [-0.25, -0.2) is 9.97 Å². The van der Waals surface area contributed by atoms with Gasteiger partial charge in [0.15, 0.2) is 0 Å². The van der Waals surface area contributed by atoms with Gasteiger partial charge in [-0.15, -0.1) is 0 Å². The van der Waals surface area contributed by atoms with E-state index in [2.05, 4.69) is 15.3 Å². The van der Waals surface area contributed by atoms with Crippen LogP contribution in [0.2, 0.25) is 5.02 Å². The molecule has 3 heterocycles. The van der Waals surface area contributed by atoms with Crippen LogP contribution in [0.4, 0.5) is 0 Å². The topological polar surface area (TPSA) is 81.9 Å². The fraction of sp³-hybridized carbons (Fsp3) is 0.111. The third-order valence-corrected chi connectivity index (χ3v) is 5.96. The molecular formula is C27H22ClN5O2. The zero-order chi connectivity index (χ0) is 24.2. The zero-order valence-corrected chi connectivity index (χ0v) is 19.7. The standard InChI is InChI=1S/C27H22ClN5O2/c1-18-12-24(33-11-10-29-17-33)21-8-5-9-25(26(21)32-18)35-16-22-20(13-30-15-23(22)28)14-31-27(34)19-6-3-2-4-7-19/h2-13,15,17H,14,16H2,1H3,(H,31,34). The molecule has 0 saturated carbocycles. The Bertz CT molecular complexity index is 1490. The van der Waals surface area contributed by atoms with E-state index in [0.29, 0.717) is 16.3 Å². The van der Waals surface area contributed by atoms with Crippen LogP contribution in [-0.4, -0.2) is 25.4 Å². The van der Waals surface area contributed by atoms with Gasteiger partial charge in [0.05, 0.1) is 17.0 Å². The van der Waals surface area contributed by atoms with Crippen LogP contribution >= 0.6 is 11.6 Å². The lowest BCUT2D eigenvalue weighted by molar-refractivity contribution is 0.0950. The lowest BCUT2D eigenvalue weighted by atomic mass is 10.1. The second-order valence-corrected chi connectivity index (χ2v) is 8.41. The number of amides is 1. The third kappa shape index (κ3) is 4.85. The van der Waals surface area contributed by atoms with E-state index in [1.807, 2.05) is 60.2 Å². The summed E-state index contributed by atoms with van der Waals surface area (Å²) in [5, 5.41) is 4.35. The van der Waals surface area contributed by atoms with Gasteiger partial charge in [-0.05, 0) is 36.8 Å². The molecule has 0 fully saturated rings. The zero-order valence-electron chi connectivity index (χ0n) is 19.0. The van der Waals surface area contributed by atoms with Crippen LogP contribution in [0.3, 0.4) is 0 Å². The number of hydrogen-bond donors (Lipinski definition) is 1. The van der Waals surface area contributed by atoms with Crippen LogP contribution in [-0.2, 0) is 13.2 Å². The monoisotopic (exact) mass is 483 g/mol. The number of fused-ring (bicyclic) bond motifs is 1. The van der Waals surface area contributed by atoms with Crippen LogP contribution < -0.4 is 10.1 Å². The Morgan fingerprint density at radius 1 is 1.09 bits per heavy atom. The first-order valence-corrected chi connectivity index (χ1v) is 11.4. The second-order valence-electron chi connectivity index (χ2n) is 8.00. The SMILES string of the molecule is Cc1cc(-n2ccnc2)c2cccc(OCc3c(Cl)cncc3CNC(=O)c3ccccc3)c2n1. The van der Waals surface area contributed by atoms with E-state index in [9.17, 15) is 4.79 Å². The molecule has 8 heteroatoms. The average molecular weight is 484 g/mol. The number of ether oxygens (including phenoxy) is 1. The Balaban J connectivity index is 1.40. The van der Waals surface area contributed by atoms with Crippen molar-refractivity contribution < 1.29 is 9.53 Å². The summed E-state index contributed by atoms with van der Waals surface area (Å²) in [5.41, 5.74) is 4.72. The maximum Gasteiger partial charge on any atom is 0.251 e. The van der Waals surface area contributed by atoms with Crippen molar-refractivity contribution in [2.75, 3.05) is 0 Å². The number of carbonyl (C=O) groups excluding carboxylic acids is 1. The lowest BCUT2D eigenvalue weighted by Gasteiger charge is -2.15. The van der Waals surface area contributed by atoms with E-state index in [1.165, 1.54) is 0 Å². The number of benzene rings is 2. The van der Waals surface area contributed by atoms with Crippen LogP contribution in [0.25, 0.3) is 16.6 Å². The number of aromatic nitrogens is 4. The predicted molar refractivity (Wildman–Crippen MR) is 135 cm³/mol. The Labute approximate surface area is 207 Å². The lowest BCUT2D eigenvalue weighted by Crippen LogP contribution is -2.23. The van der Waals surface area contributed by atoms with E-state index in [-0.39, 0.29) is 19.1 Å². The molecule has 2 aromatic carbocycles.